The number of unbranched alkanes of at least 4 members (excludes halogenated alkanes) is 2. The molecule has 0 aromatic heterocycles. The maximum absolute atomic E-state index is 2.36. The molecule has 2 fully saturated rings. The first kappa shape index (κ1) is 10.5. The maximum atomic E-state index is 2.36. The molecule has 2 aliphatic rings. The van der Waals surface area contributed by atoms with Crippen LogP contribution in [0.3, 0.4) is 0 Å². The Bertz CT molecular complexity index is 173. The summed E-state index contributed by atoms with van der Waals surface area (Å²) in [6, 6.07) is 0. The van der Waals surface area contributed by atoms with Gasteiger partial charge in [0.15, 0.2) is 0 Å². The first-order chi connectivity index (χ1) is 6.85. The number of rotatable bonds is 7. The normalized spacial score (nSPS) is 39.9. The zero-order chi connectivity index (χ0) is 9.97. The first-order valence-corrected chi connectivity index (χ1v) is 6.85. The van der Waals surface area contributed by atoms with Crippen LogP contribution in [0, 0.1) is 23.7 Å². The van der Waals surface area contributed by atoms with E-state index in [-0.39, 0.29) is 0 Å². The lowest BCUT2D eigenvalue weighted by molar-refractivity contribution is 0.523. The van der Waals surface area contributed by atoms with Crippen LogP contribution >= 0.6 is 0 Å². The predicted molar refractivity (Wildman–Crippen MR) is 62.2 cm³/mol. The van der Waals surface area contributed by atoms with Crippen LogP contribution < -0.4 is 0 Å². The molecule has 0 heterocycles. The van der Waals surface area contributed by atoms with Gasteiger partial charge in [-0.25, -0.2) is 0 Å². The van der Waals surface area contributed by atoms with E-state index in [2.05, 4.69) is 13.8 Å². The van der Waals surface area contributed by atoms with Crippen molar-refractivity contribution in [3.05, 3.63) is 0 Å². The smallest absolute Gasteiger partial charge is 0.0380 e. The second-order valence-electron chi connectivity index (χ2n) is 5.65. The topological polar surface area (TPSA) is 0 Å². The van der Waals surface area contributed by atoms with Gasteiger partial charge in [-0.15, -0.1) is 0 Å². The summed E-state index contributed by atoms with van der Waals surface area (Å²) in [5, 5.41) is 0. The van der Waals surface area contributed by atoms with E-state index in [1.807, 2.05) is 0 Å². The summed E-state index contributed by atoms with van der Waals surface area (Å²) in [6.45, 7) is 4.66. The molecule has 0 spiro atoms. The maximum Gasteiger partial charge on any atom is -0.0380 e. The van der Waals surface area contributed by atoms with Crippen LogP contribution in [0.5, 0.6) is 0 Å². The van der Waals surface area contributed by atoms with Crippen molar-refractivity contribution in [3.8, 4) is 0 Å². The molecule has 2 saturated carbocycles. The molecule has 82 valence electrons. The van der Waals surface area contributed by atoms with Gasteiger partial charge >= 0.3 is 0 Å². The van der Waals surface area contributed by atoms with Crippen LogP contribution in [0.25, 0.3) is 0 Å². The number of hydrogen-bond acceptors (Lipinski definition) is 0. The van der Waals surface area contributed by atoms with Gasteiger partial charge in [0.1, 0.15) is 0 Å². The van der Waals surface area contributed by atoms with E-state index in [1.165, 1.54) is 25.7 Å². The molecule has 2 unspecified atom stereocenters. The molecule has 2 rings (SSSR count). The number of hydrogen-bond donors (Lipinski definition) is 0. The molecular formula is C14H26. The summed E-state index contributed by atoms with van der Waals surface area (Å²) in [5.74, 6) is 4.60. The Hall–Kier alpha value is 0. The minimum Gasteiger partial charge on any atom is -0.0654 e. The SMILES string of the molecule is CCCCCC1C[C@@H]1CC1C[C@H]1CC. The molecule has 14 heavy (non-hydrogen) atoms. The fraction of sp³-hybridized carbons (Fsp3) is 1.00. The van der Waals surface area contributed by atoms with Crippen molar-refractivity contribution in [3.63, 3.8) is 0 Å². The molecular weight excluding hydrogens is 168 g/mol. The molecule has 0 aromatic rings. The Morgan fingerprint density at radius 2 is 1.57 bits per heavy atom. The Morgan fingerprint density at radius 1 is 0.857 bits per heavy atom. The quantitative estimate of drug-likeness (QED) is 0.518. The summed E-state index contributed by atoms with van der Waals surface area (Å²) in [6.07, 6.45) is 12.1. The zero-order valence-electron chi connectivity index (χ0n) is 9.97. The third kappa shape index (κ3) is 2.74. The van der Waals surface area contributed by atoms with Crippen LogP contribution in [-0.4, -0.2) is 0 Å². The molecule has 0 amide bonds. The predicted octanol–water partition coefficient (Wildman–Crippen LogP) is 4.64. The molecule has 0 aliphatic heterocycles. The first-order valence-electron chi connectivity index (χ1n) is 6.85. The summed E-state index contributed by atoms with van der Waals surface area (Å²) in [7, 11) is 0. The summed E-state index contributed by atoms with van der Waals surface area (Å²) >= 11 is 0. The molecule has 0 radical (unpaired) electrons. The van der Waals surface area contributed by atoms with Gasteiger partial charge in [-0.1, -0.05) is 46.0 Å². The lowest BCUT2D eigenvalue weighted by Crippen LogP contribution is -1.88. The van der Waals surface area contributed by atoms with Gasteiger partial charge in [0, 0.05) is 0 Å². The van der Waals surface area contributed by atoms with E-state index in [0.29, 0.717) is 0 Å². The third-order valence-corrected chi connectivity index (χ3v) is 4.45. The van der Waals surface area contributed by atoms with Crippen LogP contribution in [0.15, 0.2) is 0 Å². The summed E-state index contributed by atoms with van der Waals surface area (Å²) in [5.41, 5.74) is 0. The molecule has 2 aliphatic carbocycles. The molecule has 4 atom stereocenters. The highest BCUT2D eigenvalue weighted by atomic mass is 14.5. The highest BCUT2D eigenvalue weighted by Gasteiger charge is 2.44. The van der Waals surface area contributed by atoms with E-state index in [1.54, 1.807) is 25.7 Å². The van der Waals surface area contributed by atoms with E-state index in [4.69, 9.17) is 0 Å². The van der Waals surface area contributed by atoms with E-state index in [9.17, 15) is 0 Å². The van der Waals surface area contributed by atoms with Gasteiger partial charge in [-0.3, -0.25) is 0 Å². The van der Waals surface area contributed by atoms with E-state index >= 15 is 0 Å². The Kier molecular flexibility index (Phi) is 3.52. The Morgan fingerprint density at radius 3 is 2.21 bits per heavy atom. The summed E-state index contributed by atoms with van der Waals surface area (Å²) in [4.78, 5) is 0. The van der Waals surface area contributed by atoms with Gasteiger partial charge in [0.05, 0.1) is 0 Å². The van der Waals surface area contributed by atoms with Crippen molar-refractivity contribution in [2.45, 2.75) is 65.2 Å². The monoisotopic (exact) mass is 194 g/mol. The Labute approximate surface area is 89.5 Å². The molecule has 0 N–H and O–H groups in total. The average molecular weight is 194 g/mol. The van der Waals surface area contributed by atoms with Gasteiger partial charge in [0.2, 0.25) is 0 Å². The van der Waals surface area contributed by atoms with Gasteiger partial charge in [-0.05, 0) is 42.9 Å². The largest absolute Gasteiger partial charge is 0.0654 e. The lowest BCUT2D eigenvalue weighted by Gasteiger charge is -1.99. The highest BCUT2D eigenvalue weighted by molar-refractivity contribution is 4.94. The average Bonchev–Trinajstić information content (AvgIpc) is 3.06. The third-order valence-electron chi connectivity index (χ3n) is 4.45. The van der Waals surface area contributed by atoms with Crippen LogP contribution in [0.1, 0.15) is 65.2 Å². The molecule has 0 heteroatoms. The standard InChI is InChI=1S/C14H26/c1-3-5-6-7-12-9-14(12)10-13-8-11(13)4-2/h11-14H,3-10H2,1-2H3/t11-,12?,13?,14-/m1/s1. The van der Waals surface area contributed by atoms with Crippen LogP contribution in [0.2, 0.25) is 0 Å². The molecule has 0 bridgehead atoms. The fourth-order valence-corrected chi connectivity index (χ4v) is 3.10. The second-order valence-corrected chi connectivity index (χ2v) is 5.65. The van der Waals surface area contributed by atoms with E-state index in [0.717, 1.165) is 23.7 Å². The van der Waals surface area contributed by atoms with Crippen molar-refractivity contribution in [1.82, 2.24) is 0 Å². The second kappa shape index (κ2) is 4.68. The van der Waals surface area contributed by atoms with Crippen molar-refractivity contribution in [2.24, 2.45) is 23.7 Å². The highest BCUT2D eigenvalue weighted by Crippen LogP contribution is 2.54. The lowest BCUT2D eigenvalue weighted by atomic mass is 10.1. The molecule has 0 nitrogen and oxygen atoms in total. The minimum atomic E-state index is 1.13. The Balaban J connectivity index is 1.50. The molecule has 0 saturated heterocycles. The van der Waals surface area contributed by atoms with Gasteiger partial charge in [-0.2, -0.15) is 0 Å². The zero-order valence-corrected chi connectivity index (χ0v) is 9.97. The van der Waals surface area contributed by atoms with Crippen molar-refractivity contribution < 1.29 is 0 Å². The minimum absolute atomic E-state index is 1.13. The van der Waals surface area contributed by atoms with Crippen molar-refractivity contribution >= 4 is 0 Å². The summed E-state index contributed by atoms with van der Waals surface area (Å²) < 4.78 is 0. The molecule has 0 aromatic carbocycles. The van der Waals surface area contributed by atoms with Crippen molar-refractivity contribution in [2.75, 3.05) is 0 Å². The van der Waals surface area contributed by atoms with E-state index < -0.39 is 0 Å². The van der Waals surface area contributed by atoms with Gasteiger partial charge < -0.3 is 0 Å². The van der Waals surface area contributed by atoms with Crippen LogP contribution in [0.4, 0.5) is 0 Å². The fourth-order valence-electron chi connectivity index (χ4n) is 3.10. The van der Waals surface area contributed by atoms with Crippen LogP contribution in [-0.2, 0) is 0 Å². The van der Waals surface area contributed by atoms with Crippen molar-refractivity contribution in [1.29, 1.82) is 0 Å². The van der Waals surface area contributed by atoms with Gasteiger partial charge in [0.25, 0.3) is 0 Å².